The van der Waals surface area contributed by atoms with E-state index in [1.165, 1.54) is 32.1 Å². The van der Waals surface area contributed by atoms with Crippen molar-refractivity contribution >= 4 is 0 Å². The molecule has 0 aliphatic rings. The molecular weight excluding hydrogens is 288 g/mol. The van der Waals surface area contributed by atoms with Crippen molar-refractivity contribution in [2.75, 3.05) is 0 Å². The summed E-state index contributed by atoms with van der Waals surface area (Å²) in [5.74, 6) is 1.41. The topological polar surface area (TPSA) is 50.4 Å². The van der Waals surface area contributed by atoms with Crippen LogP contribution in [0.5, 0.6) is 0 Å². The Hall–Kier alpha value is -1.09. The van der Waals surface area contributed by atoms with E-state index in [1.54, 1.807) is 6.92 Å². The molecule has 132 valence electrons. The van der Waals surface area contributed by atoms with Crippen molar-refractivity contribution in [3.63, 3.8) is 0 Å². The molecule has 0 bridgehead atoms. The summed E-state index contributed by atoms with van der Waals surface area (Å²) in [7, 11) is 0. The van der Waals surface area contributed by atoms with Crippen molar-refractivity contribution < 1.29 is 9.52 Å². The number of rotatable bonds is 10. The Bertz CT molecular complexity index is 541. The molecule has 0 radical (unpaired) electrons. The third-order valence-electron chi connectivity index (χ3n) is 4.86. The molecule has 0 amide bonds. The Morgan fingerprint density at radius 2 is 1.57 bits per heavy atom. The molecule has 1 atom stereocenters. The standard InChI is InChI=1S/C20H34O3/c1-6-7-8-9-10-11-13-20(5,22)14-12-18-16(3)19(21)15(2)17(4)23-18/h22H,6-14H2,1-5H3/t20-/m1/s1. The zero-order valence-electron chi connectivity index (χ0n) is 15.6. The average molecular weight is 322 g/mol. The molecular formula is C20H34O3. The van der Waals surface area contributed by atoms with Gasteiger partial charge in [-0.3, -0.25) is 4.79 Å². The lowest BCUT2D eigenvalue weighted by molar-refractivity contribution is 0.0380. The summed E-state index contributed by atoms with van der Waals surface area (Å²) in [5, 5.41) is 10.5. The van der Waals surface area contributed by atoms with Crippen LogP contribution in [0.4, 0.5) is 0 Å². The van der Waals surface area contributed by atoms with Gasteiger partial charge in [-0.2, -0.15) is 0 Å². The summed E-state index contributed by atoms with van der Waals surface area (Å²) in [6.45, 7) is 9.56. The fourth-order valence-corrected chi connectivity index (χ4v) is 2.94. The first-order valence-corrected chi connectivity index (χ1v) is 9.10. The van der Waals surface area contributed by atoms with E-state index in [0.717, 1.165) is 18.6 Å². The average Bonchev–Trinajstić information content (AvgIpc) is 2.51. The van der Waals surface area contributed by atoms with Gasteiger partial charge >= 0.3 is 0 Å². The van der Waals surface area contributed by atoms with Crippen molar-refractivity contribution in [2.45, 2.75) is 98.0 Å². The minimum Gasteiger partial charge on any atom is -0.466 e. The molecule has 1 heterocycles. The molecule has 0 unspecified atom stereocenters. The van der Waals surface area contributed by atoms with Crippen molar-refractivity contribution in [3.8, 4) is 0 Å². The first kappa shape index (κ1) is 20.0. The predicted molar refractivity (Wildman–Crippen MR) is 96.1 cm³/mol. The minimum absolute atomic E-state index is 0.0688. The zero-order valence-corrected chi connectivity index (χ0v) is 15.6. The third-order valence-corrected chi connectivity index (χ3v) is 4.86. The zero-order chi connectivity index (χ0) is 17.5. The van der Waals surface area contributed by atoms with Crippen molar-refractivity contribution in [1.29, 1.82) is 0 Å². The Labute approximate surface area is 141 Å². The fraction of sp³-hybridized carbons (Fsp3) is 0.750. The molecule has 0 fully saturated rings. The second kappa shape index (κ2) is 9.27. The molecule has 0 aliphatic carbocycles. The van der Waals surface area contributed by atoms with E-state index in [9.17, 15) is 9.90 Å². The first-order chi connectivity index (χ1) is 10.8. The molecule has 1 aromatic heterocycles. The Balaban J connectivity index is 2.48. The van der Waals surface area contributed by atoms with E-state index in [0.29, 0.717) is 29.7 Å². The Morgan fingerprint density at radius 3 is 2.22 bits per heavy atom. The molecule has 23 heavy (non-hydrogen) atoms. The Kier molecular flexibility index (Phi) is 8.04. The largest absolute Gasteiger partial charge is 0.466 e. The van der Waals surface area contributed by atoms with Crippen molar-refractivity contribution in [2.24, 2.45) is 0 Å². The van der Waals surface area contributed by atoms with E-state index in [1.807, 2.05) is 20.8 Å². The maximum Gasteiger partial charge on any atom is 0.191 e. The molecule has 0 aromatic carbocycles. The van der Waals surface area contributed by atoms with Crippen LogP contribution in [0.15, 0.2) is 9.21 Å². The minimum atomic E-state index is -0.686. The van der Waals surface area contributed by atoms with Gasteiger partial charge in [0.15, 0.2) is 5.43 Å². The lowest BCUT2D eigenvalue weighted by atomic mass is 9.91. The van der Waals surface area contributed by atoms with E-state index in [2.05, 4.69) is 6.92 Å². The van der Waals surface area contributed by atoms with Gasteiger partial charge in [0, 0.05) is 17.5 Å². The van der Waals surface area contributed by atoms with Crippen LogP contribution in [0.25, 0.3) is 0 Å². The second-order valence-corrected chi connectivity index (χ2v) is 7.18. The van der Waals surface area contributed by atoms with Gasteiger partial charge in [0.2, 0.25) is 0 Å². The number of aryl methyl sites for hydroxylation is 2. The van der Waals surface area contributed by atoms with Crippen molar-refractivity contribution in [1.82, 2.24) is 0 Å². The monoisotopic (exact) mass is 322 g/mol. The van der Waals surface area contributed by atoms with Gasteiger partial charge in [0.05, 0.1) is 5.60 Å². The number of hydrogen-bond donors (Lipinski definition) is 1. The Morgan fingerprint density at radius 1 is 0.957 bits per heavy atom. The van der Waals surface area contributed by atoms with E-state index in [4.69, 9.17) is 4.42 Å². The van der Waals surface area contributed by atoms with E-state index >= 15 is 0 Å². The van der Waals surface area contributed by atoms with Crippen molar-refractivity contribution in [3.05, 3.63) is 32.9 Å². The van der Waals surface area contributed by atoms with Gasteiger partial charge in [-0.15, -0.1) is 0 Å². The molecule has 0 spiro atoms. The quantitative estimate of drug-likeness (QED) is 0.617. The smallest absolute Gasteiger partial charge is 0.191 e. The summed E-state index contributed by atoms with van der Waals surface area (Å²) < 4.78 is 5.77. The molecule has 3 nitrogen and oxygen atoms in total. The highest BCUT2D eigenvalue weighted by atomic mass is 16.3. The van der Waals surface area contributed by atoms with Crippen LogP contribution in [0, 0.1) is 20.8 Å². The summed E-state index contributed by atoms with van der Waals surface area (Å²) in [5.41, 5.74) is 0.752. The van der Waals surface area contributed by atoms with E-state index < -0.39 is 5.60 Å². The molecule has 1 N–H and O–H groups in total. The number of hydrogen-bond acceptors (Lipinski definition) is 3. The third kappa shape index (κ3) is 6.50. The molecule has 0 saturated heterocycles. The maximum atomic E-state index is 12.1. The molecule has 0 saturated carbocycles. The van der Waals surface area contributed by atoms with Crippen LogP contribution >= 0.6 is 0 Å². The fourth-order valence-electron chi connectivity index (χ4n) is 2.94. The molecule has 1 rings (SSSR count). The number of aliphatic hydroxyl groups is 1. The van der Waals surface area contributed by atoms with Gasteiger partial charge in [0.25, 0.3) is 0 Å². The first-order valence-electron chi connectivity index (χ1n) is 9.10. The van der Waals surface area contributed by atoms with Gasteiger partial charge in [-0.25, -0.2) is 0 Å². The summed E-state index contributed by atoms with van der Waals surface area (Å²) in [4.78, 5) is 12.1. The van der Waals surface area contributed by atoms with Gasteiger partial charge < -0.3 is 9.52 Å². The van der Waals surface area contributed by atoms with Crippen LogP contribution in [-0.4, -0.2) is 10.7 Å². The van der Waals surface area contributed by atoms with E-state index in [-0.39, 0.29) is 5.43 Å². The lowest BCUT2D eigenvalue weighted by Crippen LogP contribution is -2.25. The highest BCUT2D eigenvalue weighted by Gasteiger charge is 2.21. The summed E-state index contributed by atoms with van der Waals surface area (Å²) >= 11 is 0. The van der Waals surface area contributed by atoms with Crippen LogP contribution in [0.2, 0.25) is 0 Å². The summed E-state index contributed by atoms with van der Waals surface area (Å²) in [6, 6.07) is 0. The highest BCUT2D eigenvalue weighted by molar-refractivity contribution is 5.25. The summed E-state index contributed by atoms with van der Waals surface area (Å²) in [6.07, 6.45) is 9.44. The molecule has 0 aliphatic heterocycles. The normalized spacial score (nSPS) is 14.0. The highest BCUT2D eigenvalue weighted by Crippen LogP contribution is 2.23. The molecule has 1 aromatic rings. The van der Waals surface area contributed by atoms with Crippen LogP contribution in [0.1, 0.15) is 87.9 Å². The van der Waals surface area contributed by atoms with Gasteiger partial charge in [-0.1, -0.05) is 45.4 Å². The molecule has 3 heteroatoms. The van der Waals surface area contributed by atoms with Crippen LogP contribution in [0.3, 0.4) is 0 Å². The lowest BCUT2D eigenvalue weighted by Gasteiger charge is -2.23. The van der Waals surface area contributed by atoms with Gasteiger partial charge in [0.1, 0.15) is 11.5 Å². The van der Waals surface area contributed by atoms with Crippen LogP contribution in [-0.2, 0) is 6.42 Å². The second-order valence-electron chi connectivity index (χ2n) is 7.18. The number of unbranched alkanes of at least 4 members (excludes halogenated alkanes) is 5. The maximum absolute atomic E-state index is 12.1. The van der Waals surface area contributed by atoms with Crippen LogP contribution < -0.4 is 5.43 Å². The van der Waals surface area contributed by atoms with Gasteiger partial charge in [-0.05, 0) is 40.5 Å². The predicted octanol–water partition coefficient (Wildman–Crippen LogP) is 5.00. The SMILES string of the molecule is CCCCCCCC[C@@](C)(O)CCc1oc(C)c(C)c(=O)c1C.